The molecule has 0 bridgehead atoms. The SMILES string of the molecule is COc1ccc(/C=C2/Oc3c(CN4CCN(C)CC4)c(O)cc(C)c3C2=O)c(OC)c1. The summed E-state index contributed by atoms with van der Waals surface area (Å²) >= 11 is 0. The highest BCUT2D eigenvalue weighted by atomic mass is 16.5. The first kappa shape index (κ1) is 21.2. The van der Waals surface area contributed by atoms with Crippen LogP contribution in [-0.4, -0.2) is 68.1 Å². The summed E-state index contributed by atoms with van der Waals surface area (Å²) in [6.07, 6.45) is 1.68. The lowest BCUT2D eigenvalue weighted by atomic mass is 9.99. The van der Waals surface area contributed by atoms with E-state index in [2.05, 4.69) is 16.8 Å². The number of Topliss-reactive ketones (excluding diaryl/α,β-unsaturated/α-hetero) is 1. The van der Waals surface area contributed by atoms with Crippen LogP contribution in [0.15, 0.2) is 30.0 Å². The van der Waals surface area contributed by atoms with Gasteiger partial charge in [0.2, 0.25) is 5.78 Å². The first-order valence-corrected chi connectivity index (χ1v) is 10.3. The van der Waals surface area contributed by atoms with Gasteiger partial charge in [-0.1, -0.05) is 0 Å². The topological polar surface area (TPSA) is 71.5 Å². The highest BCUT2D eigenvalue weighted by Crippen LogP contribution is 2.42. The van der Waals surface area contributed by atoms with Gasteiger partial charge in [0.25, 0.3) is 0 Å². The summed E-state index contributed by atoms with van der Waals surface area (Å²) in [5.74, 6) is 1.89. The number of hydrogen-bond donors (Lipinski definition) is 1. The lowest BCUT2D eigenvalue weighted by Crippen LogP contribution is -2.43. The molecule has 1 N–H and O–H groups in total. The zero-order chi connectivity index (χ0) is 22.1. The molecule has 0 aromatic heterocycles. The van der Waals surface area contributed by atoms with Crippen molar-refractivity contribution in [3.05, 3.63) is 52.3 Å². The minimum absolute atomic E-state index is 0.159. The molecule has 2 aliphatic rings. The molecule has 0 unspecified atom stereocenters. The summed E-state index contributed by atoms with van der Waals surface area (Å²) in [6.45, 7) is 6.09. The van der Waals surface area contributed by atoms with Crippen LogP contribution < -0.4 is 14.2 Å². The minimum Gasteiger partial charge on any atom is -0.507 e. The highest BCUT2D eigenvalue weighted by molar-refractivity contribution is 6.16. The van der Waals surface area contributed by atoms with E-state index < -0.39 is 0 Å². The second-order valence-corrected chi connectivity index (χ2v) is 8.02. The number of benzene rings is 2. The Morgan fingerprint density at radius 1 is 1.13 bits per heavy atom. The van der Waals surface area contributed by atoms with Gasteiger partial charge in [-0.25, -0.2) is 0 Å². The van der Waals surface area contributed by atoms with Gasteiger partial charge in [0, 0.05) is 44.4 Å². The van der Waals surface area contributed by atoms with Crippen molar-refractivity contribution >= 4 is 11.9 Å². The van der Waals surface area contributed by atoms with Crippen LogP contribution in [0.2, 0.25) is 0 Å². The van der Waals surface area contributed by atoms with Gasteiger partial charge in [0.1, 0.15) is 23.0 Å². The fourth-order valence-corrected chi connectivity index (χ4v) is 4.04. The van der Waals surface area contributed by atoms with Crippen molar-refractivity contribution in [1.82, 2.24) is 9.80 Å². The van der Waals surface area contributed by atoms with Crippen molar-refractivity contribution in [3.8, 4) is 23.0 Å². The van der Waals surface area contributed by atoms with Crippen molar-refractivity contribution in [2.24, 2.45) is 0 Å². The van der Waals surface area contributed by atoms with Gasteiger partial charge in [-0.05, 0) is 43.8 Å². The number of likely N-dealkylation sites (N-methyl/N-ethyl adjacent to an activating group) is 1. The highest BCUT2D eigenvalue weighted by Gasteiger charge is 2.34. The predicted molar refractivity (Wildman–Crippen MR) is 118 cm³/mol. The number of nitrogens with zero attached hydrogens (tertiary/aromatic N) is 2. The molecule has 7 heteroatoms. The smallest absolute Gasteiger partial charge is 0.232 e. The Labute approximate surface area is 182 Å². The molecule has 2 aromatic rings. The van der Waals surface area contributed by atoms with Gasteiger partial charge in [0.05, 0.1) is 25.3 Å². The number of carbonyl (C=O) groups is 1. The molecule has 1 saturated heterocycles. The van der Waals surface area contributed by atoms with Gasteiger partial charge >= 0.3 is 0 Å². The number of allylic oxidation sites excluding steroid dienone is 1. The van der Waals surface area contributed by atoms with Crippen LogP contribution >= 0.6 is 0 Å². The molecular weight excluding hydrogens is 396 g/mol. The van der Waals surface area contributed by atoms with Crippen LogP contribution in [0, 0.1) is 6.92 Å². The third-order valence-electron chi connectivity index (χ3n) is 5.93. The molecular formula is C24H28N2O5. The van der Waals surface area contributed by atoms with E-state index in [1.165, 1.54) is 0 Å². The Hall–Kier alpha value is -3.03. The monoisotopic (exact) mass is 424 g/mol. The molecule has 2 aromatic carbocycles. The van der Waals surface area contributed by atoms with Crippen molar-refractivity contribution in [3.63, 3.8) is 0 Å². The summed E-state index contributed by atoms with van der Waals surface area (Å²) in [5, 5.41) is 10.7. The number of aryl methyl sites for hydroxylation is 1. The number of fused-ring (bicyclic) bond motifs is 1. The van der Waals surface area contributed by atoms with Crippen LogP contribution in [-0.2, 0) is 6.54 Å². The number of methoxy groups -OCH3 is 2. The van der Waals surface area contributed by atoms with E-state index in [0.29, 0.717) is 46.0 Å². The maximum atomic E-state index is 13.2. The van der Waals surface area contributed by atoms with Crippen LogP contribution in [0.5, 0.6) is 23.0 Å². The first-order chi connectivity index (χ1) is 14.9. The average Bonchev–Trinajstić information content (AvgIpc) is 3.09. The zero-order valence-corrected chi connectivity index (χ0v) is 18.4. The number of rotatable bonds is 5. The van der Waals surface area contributed by atoms with E-state index in [4.69, 9.17) is 14.2 Å². The second-order valence-electron chi connectivity index (χ2n) is 8.02. The molecule has 0 atom stereocenters. The largest absolute Gasteiger partial charge is 0.507 e. The van der Waals surface area contributed by atoms with Gasteiger partial charge in [-0.15, -0.1) is 0 Å². The number of piperazine rings is 1. The summed E-state index contributed by atoms with van der Waals surface area (Å²) in [5.41, 5.74) is 2.58. The maximum Gasteiger partial charge on any atom is 0.232 e. The van der Waals surface area contributed by atoms with Crippen LogP contribution in [0.25, 0.3) is 6.08 Å². The Balaban J connectivity index is 1.68. The summed E-state index contributed by atoms with van der Waals surface area (Å²) in [4.78, 5) is 17.7. The normalized spacial score (nSPS) is 18.2. The third-order valence-corrected chi connectivity index (χ3v) is 5.93. The number of phenols is 1. The number of ether oxygens (including phenoxy) is 3. The number of ketones is 1. The van der Waals surface area contributed by atoms with E-state index in [1.54, 1.807) is 38.5 Å². The second kappa shape index (κ2) is 8.61. The van der Waals surface area contributed by atoms with Gasteiger partial charge in [0.15, 0.2) is 5.76 Å². The molecule has 31 heavy (non-hydrogen) atoms. The predicted octanol–water partition coefficient (Wildman–Crippen LogP) is 3.08. The van der Waals surface area contributed by atoms with Crippen molar-refractivity contribution < 1.29 is 24.1 Å². The Bertz CT molecular complexity index is 1040. The number of phenolic OH excluding ortho intramolecular Hbond substituents is 1. The zero-order valence-electron chi connectivity index (χ0n) is 18.4. The average molecular weight is 424 g/mol. The van der Waals surface area contributed by atoms with E-state index in [1.807, 2.05) is 13.0 Å². The molecule has 164 valence electrons. The molecule has 0 spiro atoms. The molecule has 4 rings (SSSR count). The van der Waals surface area contributed by atoms with Gasteiger partial charge < -0.3 is 24.2 Å². The van der Waals surface area contributed by atoms with Crippen molar-refractivity contribution in [1.29, 1.82) is 0 Å². The fraction of sp³-hybridized carbons (Fsp3) is 0.375. The van der Waals surface area contributed by atoms with E-state index in [-0.39, 0.29) is 17.3 Å². The molecule has 0 aliphatic carbocycles. The van der Waals surface area contributed by atoms with E-state index >= 15 is 0 Å². The third kappa shape index (κ3) is 4.11. The van der Waals surface area contributed by atoms with E-state index in [9.17, 15) is 9.90 Å². The van der Waals surface area contributed by atoms with Crippen LogP contribution in [0.3, 0.4) is 0 Å². The summed E-state index contributed by atoms with van der Waals surface area (Å²) < 4.78 is 16.7. The molecule has 0 amide bonds. The number of aromatic hydroxyl groups is 1. The fourth-order valence-electron chi connectivity index (χ4n) is 4.04. The molecule has 2 heterocycles. The number of hydrogen-bond acceptors (Lipinski definition) is 7. The number of carbonyl (C=O) groups excluding carboxylic acids is 1. The lowest BCUT2D eigenvalue weighted by Gasteiger charge is -2.32. The quantitative estimate of drug-likeness (QED) is 0.740. The van der Waals surface area contributed by atoms with Crippen molar-refractivity contribution in [2.45, 2.75) is 13.5 Å². The van der Waals surface area contributed by atoms with Gasteiger partial charge in [-0.3, -0.25) is 9.69 Å². The maximum absolute atomic E-state index is 13.2. The lowest BCUT2D eigenvalue weighted by molar-refractivity contribution is 0.101. The van der Waals surface area contributed by atoms with Crippen molar-refractivity contribution in [2.75, 3.05) is 47.4 Å². The van der Waals surface area contributed by atoms with Crippen LogP contribution in [0.1, 0.15) is 27.0 Å². The van der Waals surface area contributed by atoms with Gasteiger partial charge in [-0.2, -0.15) is 0 Å². The van der Waals surface area contributed by atoms with Crippen LogP contribution in [0.4, 0.5) is 0 Å². The standard InChI is InChI=1S/C24H28N2O5/c1-15-11-19(27)18(14-26-9-7-25(2)8-10-26)24-22(15)23(28)21(31-24)12-16-5-6-17(29-3)13-20(16)30-4/h5-6,11-13,27H,7-10,14H2,1-4H3/b21-12+. The summed E-state index contributed by atoms with van der Waals surface area (Å²) in [7, 11) is 5.26. The molecule has 2 aliphatic heterocycles. The Morgan fingerprint density at radius 2 is 1.87 bits per heavy atom. The first-order valence-electron chi connectivity index (χ1n) is 10.3. The Morgan fingerprint density at radius 3 is 2.55 bits per heavy atom. The molecule has 7 nitrogen and oxygen atoms in total. The Kier molecular flexibility index (Phi) is 5.89. The minimum atomic E-state index is -0.190. The molecule has 0 saturated carbocycles. The summed E-state index contributed by atoms with van der Waals surface area (Å²) in [6, 6.07) is 7.04. The molecule has 1 fully saturated rings. The molecule has 0 radical (unpaired) electrons. The van der Waals surface area contributed by atoms with E-state index in [0.717, 1.165) is 26.2 Å².